The molecular formula is C13H16BrN3O2. The molecule has 0 spiro atoms. The molecule has 0 atom stereocenters. The summed E-state index contributed by atoms with van der Waals surface area (Å²) in [6.07, 6.45) is 0. The zero-order valence-electron chi connectivity index (χ0n) is 11.3. The van der Waals surface area contributed by atoms with Crippen molar-refractivity contribution in [2.75, 3.05) is 20.0 Å². The average molecular weight is 326 g/mol. The number of ether oxygens (including phenoxy) is 2. The largest absolute Gasteiger partial charge is 0.496 e. The number of aromatic nitrogens is 2. The molecule has 0 bridgehead atoms. The third kappa shape index (κ3) is 2.16. The Balaban J connectivity index is 2.69. The molecule has 2 rings (SSSR count). The first-order valence-electron chi connectivity index (χ1n) is 5.71. The lowest BCUT2D eigenvalue weighted by Crippen LogP contribution is -1.97. The molecule has 0 amide bonds. The third-order valence-electron chi connectivity index (χ3n) is 3.07. The van der Waals surface area contributed by atoms with E-state index in [1.807, 2.05) is 19.1 Å². The van der Waals surface area contributed by atoms with E-state index in [0.29, 0.717) is 5.82 Å². The van der Waals surface area contributed by atoms with Crippen molar-refractivity contribution in [3.63, 3.8) is 0 Å². The summed E-state index contributed by atoms with van der Waals surface area (Å²) in [5.74, 6) is 2.09. The van der Waals surface area contributed by atoms with E-state index in [1.165, 1.54) is 0 Å². The van der Waals surface area contributed by atoms with Gasteiger partial charge in [0, 0.05) is 18.2 Å². The second kappa shape index (κ2) is 5.13. The lowest BCUT2D eigenvalue weighted by Gasteiger charge is -2.13. The molecule has 0 unspecified atom stereocenters. The van der Waals surface area contributed by atoms with Crippen LogP contribution in [-0.2, 0) is 7.05 Å². The van der Waals surface area contributed by atoms with Gasteiger partial charge in [-0.3, -0.25) is 4.68 Å². The van der Waals surface area contributed by atoms with Gasteiger partial charge in [-0.2, -0.15) is 5.10 Å². The minimum Gasteiger partial charge on any atom is -0.496 e. The molecule has 1 aromatic heterocycles. The lowest BCUT2D eigenvalue weighted by atomic mass is 10.1. The molecule has 0 saturated carbocycles. The zero-order chi connectivity index (χ0) is 14.2. The number of nitrogen functional groups attached to an aromatic ring is 1. The van der Waals surface area contributed by atoms with Crippen molar-refractivity contribution < 1.29 is 9.47 Å². The number of rotatable bonds is 3. The van der Waals surface area contributed by atoms with Crippen LogP contribution in [0.15, 0.2) is 16.6 Å². The van der Waals surface area contributed by atoms with Crippen molar-refractivity contribution in [2.24, 2.45) is 7.05 Å². The fourth-order valence-corrected chi connectivity index (χ4v) is 2.58. The molecule has 1 heterocycles. The Bertz CT molecular complexity index is 623. The van der Waals surface area contributed by atoms with Gasteiger partial charge in [-0.05, 0) is 35.0 Å². The Labute approximate surface area is 120 Å². The second-order valence-electron chi connectivity index (χ2n) is 4.15. The van der Waals surface area contributed by atoms with Gasteiger partial charge >= 0.3 is 0 Å². The number of halogens is 1. The maximum atomic E-state index is 5.91. The van der Waals surface area contributed by atoms with E-state index >= 15 is 0 Å². The van der Waals surface area contributed by atoms with E-state index in [2.05, 4.69) is 21.0 Å². The predicted molar refractivity (Wildman–Crippen MR) is 78.6 cm³/mol. The lowest BCUT2D eigenvalue weighted by molar-refractivity contribution is 0.390. The molecule has 0 radical (unpaired) electrons. The number of nitrogens with two attached hydrogens (primary N) is 1. The van der Waals surface area contributed by atoms with Gasteiger partial charge in [0.05, 0.1) is 18.7 Å². The van der Waals surface area contributed by atoms with E-state index in [9.17, 15) is 0 Å². The van der Waals surface area contributed by atoms with E-state index in [1.54, 1.807) is 25.9 Å². The van der Waals surface area contributed by atoms with Crippen molar-refractivity contribution in [3.05, 3.63) is 22.2 Å². The normalized spacial score (nSPS) is 10.6. The molecule has 0 aliphatic carbocycles. The maximum absolute atomic E-state index is 5.91. The summed E-state index contributed by atoms with van der Waals surface area (Å²) < 4.78 is 13.2. The van der Waals surface area contributed by atoms with Crippen LogP contribution in [0.4, 0.5) is 5.82 Å². The fraction of sp³-hybridized carbons (Fsp3) is 0.308. The van der Waals surface area contributed by atoms with Crippen LogP contribution in [0.2, 0.25) is 0 Å². The number of aryl methyl sites for hydroxylation is 1. The quantitative estimate of drug-likeness (QED) is 0.942. The van der Waals surface area contributed by atoms with Crippen molar-refractivity contribution in [3.8, 4) is 22.8 Å². The second-order valence-corrected chi connectivity index (χ2v) is 4.94. The number of hydrogen-bond donors (Lipinski definition) is 1. The molecule has 0 aliphatic heterocycles. The Kier molecular flexibility index (Phi) is 3.71. The van der Waals surface area contributed by atoms with Gasteiger partial charge in [0.25, 0.3) is 0 Å². The summed E-state index contributed by atoms with van der Waals surface area (Å²) in [5, 5.41) is 4.41. The smallest absolute Gasteiger partial charge is 0.136 e. The third-order valence-corrected chi connectivity index (χ3v) is 3.85. The summed E-state index contributed by atoms with van der Waals surface area (Å²) >= 11 is 3.47. The standard InChI is InChI=1S/C13H16BrN3O2/c1-7-9(18-3)6-5-8(12(7)19-4)11-10(14)13(15)17(2)16-11/h5-6H,15H2,1-4H3. The zero-order valence-corrected chi connectivity index (χ0v) is 12.9. The van der Waals surface area contributed by atoms with Crippen LogP contribution in [0.3, 0.4) is 0 Å². The van der Waals surface area contributed by atoms with Crippen LogP contribution in [0, 0.1) is 6.92 Å². The predicted octanol–water partition coefficient (Wildman–Crippen LogP) is 2.76. The molecule has 2 N–H and O–H groups in total. The van der Waals surface area contributed by atoms with Gasteiger partial charge in [-0.25, -0.2) is 0 Å². The monoisotopic (exact) mass is 325 g/mol. The van der Waals surface area contributed by atoms with Crippen molar-refractivity contribution in [2.45, 2.75) is 6.92 Å². The highest BCUT2D eigenvalue weighted by Gasteiger charge is 2.19. The van der Waals surface area contributed by atoms with Gasteiger partial charge in [0.2, 0.25) is 0 Å². The highest BCUT2D eigenvalue weighted by atomic mass is 79.9. The summed E-state index contributed by atoms with van der Waals surface area (Å²) in [5.41, 5.74) is 8.47. The maximum Gasteiger partial charge on any atom is 0.136 e. The first-order chi connectivity index (χ1) is 9.01. The van der Waals surface area contributed by atoms with Crippen molar-refractivity contribution in [1.82, 2.24) is 9.78 Å². The SMILES string of the molecule is COc1ccc(-c2nn(C)c(N)c2Br)c(OC)c1C. The van der Waals surface area contributed by atoms with Crippen LogP contribution in [-0.4, -0.2) is 24.0 Å². The van der Waals surface area contributed by atoms with Crippen LogP contribution >= 0.6 is 15.9 Å². The van der Waals surface area contributed by atoms with Crippen LogP contribution < -0.4 is 15.2 Å². The summed E-state index contributed by atoms with van der Waals surface area (Å²) in [6.45, 7) is 1.95. The van der Waals surface area contributed by atoms with Crippen molar-refractivity contribution >= 4 is 21.7 Å². The summed E-state index contributed by atoms with van der Waals surface area (Å²) in [6, 6.07) is 3.81. The van der Waals surface area contributed by atoms with E-state index in [0.717, 1.165) is 32.8 Å². The molecule has 0 saturated heterocycles. The number of methoxy groups -OCH3 is 2. The number of anilines is 1. The number of hydrogen-bond acceptors (Lipinski definition) is 4. The molecule has 2 aromatic rings. The van der Waals surface area contributed by atoms with Crippen molar-refractivity contribution in [1.29, 1.82) is 0 Å². The Morgan fingerprint density at radius 1 is 1.26 bits per heavy atom. The van der Waals surface area contributed by atoms with Gasteiger partial charge in [-0.15, -0.1) is 0 Å². The molecular weight excluding hydrogens is 310 g/mol. The molecule has 5 nitrogen and oxygen atoms in total. The molecule has 6 heteroatoms. The first-order valence-corrected chi connectivity index (χ1v) is 6.50. The van der Waals surface area contributed by atoms with E-state index < -0.39 is 0 Å². The fourth-order valence-electron chi connectivity index (χ4n) is 2.03. The minimum atomic E-state index is 0.575. The number of nitrogens with zero attached hydrogens (tertiary/aromatic N) is 2. The minimum absolute atomic E-state index is 0.575. The first kappa shape index (κ1) is 13.7. The molecule has 19 heavy (non-hydrogen) atoms. The molecule has 0 fully saturated rings. The topological polar surface area (TPSA) is 62.3 Å². The highest BCUT2D eigenvalue weighted by Crippen LogP contribution is 2.41. The van der Waals surface area contributed by atoms with Gasteiger partial charge in [0.1, 0.15) is 23.0 Å². The van der Waals surface area contributed by atoms with Gasteiger partial charge in [-0.1, -0.05) is 0 Å². The van der Waals surface area contributed by atoms with Gasteiger partial charge in [0.15, 0.2) is 0 Å². The van der Waals surface area contributed by atoms with Crippen LogP contribution in [0.1, 0.15) is 5.56 Å². The molecule has 102 valence electrons. The Morgan fingerprint density at radius 2 is 1.95 bits per heavy atom. The van der Waals surface area contributed by atoms with Crippen LogP contribution in [0.5, 0.6) is 11.5 Å². The van der Waals surface area contributed by atoms with Gasteiger partial charge < -0.3 is 15.2 Å². The highest BCUT2D eigenvalue weighted by molar-refractivity contribution is 9.10. The Hall–Kier alpha value is -1.69. The van der Waals surface area contributed by atoms with Crippen LogP contribution in [0.25, 0.3) is 11.3 Å². The van der Waals surface area contributed by atoms with E-state index in [-0.39, 0.29) is 0 Å². The molecule has 0 aliphatic rings. The van der Waals surface area contributed by atoms with E-state index in [4.69, 9.17) is 15.2 Å². The average Bonchev–Trinajstić information content (AvgIpc) is 2.66. The molecule has 1 aromatic carbocycles. The Morgan fingerprint density at radius 3 is 2.42 bits per heavy atom. The number of benzene rings is 1. The summed E-state index contributed by atoms with van der Waals surface area (Å²) in [7, 11) is 5.06. The summed E-state index contributed by atoms with van der Waals surface area (Å²) in [4.78, 5) is 0.